The Morgan fingerprint density at radius 3 is 2.33 bits per heavy atom. The second-order valence-corrected chi connectivity index (χ2v) is 7.95. The van der Waals surface area contributed by atoms with Crippen LogP contribution in [0.5, 0.6) is 11.5 Å². The van der Waals surface area contributed by atoms with Crippen LogP contribution in [-0.2, 0) is 4.74 Å². The number of guanidine groups is 1. The molecule has 0 radical (unpaired) electrons. The largest absolute Gasteiger partial charge is 0.493 e. The van der Waals surface area contributed by atoms with Crippen LogP contribution in [0.15, 0.2) is 23.2 Å². The van der Waals surface area contributed by atoms with E-state index in [1.54, 1.807) is 14.2 Å². The highest BCUT2D eigenvalue weighted by atomic mass is 127. The van der Waals surface area contributed by atoms with Gasteiger partial charge in [0.05, 0.1) is 40.0 Å². The van der Waals surface area contributed by atoms with Gasteiger partial charge in [0.1, 0.15) is 0 Å². The average Bonchev–Trinajstić information content (AvgIpc) is 2.83. The summed E-state index contributed by atoms with van der Waals surface area (Å²) in [5.41, 5.74) is 1.18. The van der Waals surface area contributed by atoms with Crippen LogP contribution in [0.25, 0.3) is 0 Å². The van der Waals surface area contributed by atoms with E-state index < -0.39 is 0 Å². The van der Waals surface area contributed by atoms with Crippen LogP contribution in [0.1, 0.15) is 39.3 Å². The van der Waals surface area contributed by atoms with E-state index in [0.29, 0.717) is 6.04 Å². The molecule has 0 amide bonds. The molecule has 2 unspecified atom stereocenters. The van der Waals surface area contributed by atoms with Crippen LogP contribution in [0, 0.1) is 0 Å². The summed E-state index contributed by atoms with van der Waals surface area (Å²) in [5.74, 6) is 2.34. The first-order valence-corrected chi connectivity index (χ1v) is 11.9. The minimum absolute atomic E-state index is 0. The first-order valence-electron chi connectivity index (χ1n) is 11.9. The topological polar surface area (TPSA) is 70.6 Å². The van der Waals surface area contributed by atoms with E-state index in [1.165, 1.54) is 5.56 Å². The highest BCUT2D eigenvalue weighted by molar-refractivity contribution is 14.0. The molecular formula is C24H44IN5O3. The number of morpholine rings is 1. The molecule has 1 heterocycles. The van der Waals surface area contributed by atoms with Gasteiger partial charge < -0.3 is 24.8 Å². The van der Waals surface area contributed by atoms with Crippen LogP contribution < -0.4 is 20.1 Å². The molecule has 8 nitrogen and oxygen atoms in total. The van der Waals surface area contributed by atoms with E-state index in [0.717, 1.165) is 76.5 Å². The van der Waals surface area contributed by atoms with E-state index in [2.05, 4.69) is 60.3 Å². The van der Waals surface area contributed by atoms with E-state index >= 15 is 0 Å². The molecule has 1 saturated heterocycles. The van der Waals surface area contributed by atoms with Crippen molar-refractivity contribution in [3.63, 3.8) is 0 Å². The Morgan fingerprint density at radius 2 is 1.76 bits per heavy atom. The number of nitrogens with one attached hydrogen (secondary N) is 2. The van der Waals surface area contributed by atoms with Crippen molar-refractivity contribution in [1.82, 2.24) is 20.4 Å². The summed E-state index contributed by atoms with van der Waals surface area (Å²) in [4.78, 5) is 9.75. The van der Waals surface area contributed by atoms with Crippen LogP contribution in [0.2, 0.25) is 0 Å². The van der Waals surface area contributed by atoms with E-state index in [-0.39, 0.29) is 30.0 Å². The molecule has 1 aliphatic rings. The van der Waals surface area contributed by atoms with Crippen molar-refractivity contribution in [3.05, 3.63) is 23.8 Å². The van der Waals surface area contributed by atoms with Crippen molar-refractivity contribution in [3.8, 4) is 11.5 Å². The summed E-state index contributed by atoms with van der Waals surface area (Å²) in [6, 6.07) is 6.75. The standard InChI is InChI=1S/C24H43N5O3.HI/c1-7-25-24(26-17-19(4)28(8-2)9-3)27-18-21(29-12-14-32-15-13-29)20-10-11-22(30-5)23(16-20)31-6;/h10-11,16,19,21H,7-9,12-15,17-18H2,1-6H3,(H2,25,26,27);1H. The molecule has 1 aromatic rings. The van der Waals surface area contributed by atoms with E-state index in [9.17, 15) is 0 Å². The molecular weight excluding hydrogens is 533 g/mol. The number of ether oxygens (including phenoxy) is 3. The fraction of sp³-hybridized carbons (Fsp3) is 0.708. The monoisotopic (exact) mass is 577 g/mol. The quantitative estimate of drug-likeness (QED) is 0.225. The minimum atomic E-state index is 0. The normalized spacial score (nSPS) is 16.6. The number of hydrogen-bond acceptors (Lipinski definition) is 6. The fourth-order valence-corrected chi connectivity index (χ4v) is 4.13. The van der Waals surface area contributed by atoms with Gasteiger partial charge in [-0.25, -0.2) is 0 Å². The Labute approximate surface area is 217 Å². The maximum atomic E-state index is 5.59. The summed E-state index contributed by atoms with van der Waals surface area (Å²) in [5, 5.41) is 6.97. The number of benzene rings is 1. The maximum absolute atomic E-state index is 5.59. The van der Waals surface area contributed by atoms with E-state index in [4.69, 9.17) is 19.2 Å². The van der Waals surface area contributed by atoms with Gasteiger partial charge in [-0.05, 0) is 44.6 Å². The Morgan fingerprint density at radius 1 is 1.09 bits per heavy atom. The third-order valence-corrected chi connectivity index (χ3v) is 6.04. The molecule has 190 valence electrons. The molecule has 2 N–H and O–H groups in total. The molecule has 0 spiro atoms. The highest BCUT2D eigenvalue weighted by Crippen LogP contribution is 2.32. The van der Waals surface area contributed by atoms with Crippen LogP contribution in [0.3, 0.4) is 0 Å². The molecule has 1 fully saturated rings. The average molecular weight is 578 g/mol. The van der Waals surface area contributed by atoms with Gasteiger partial charge in [0, 0.05) is 32.2 Å². The van der Waals surface area contributed by atoms with E-state index in [1.807, 2.05) is 6.07 Å². The zero-order chi connectivity index (χ0) is 23.3. The Kier molecular flexibility index (Phi) is 14.7. The fourth-order valence-electron chi connectivity index (χ4n) is 4.13. The number of halogens is 1. The SMILES string of the molecule is CCNC(=NCC(C)N(CC)CC)NCC(c1ccc(OC)c(OC)c1)N1CCOCC1.I. The van der Waals surface area contributed by atoms with Crippen LogP contribution in [-0.4, -0.2) is 95.0 Å². The number of methoxy groups -OCH3 is 2. The zero-order valence-electron chi connectivity index (χ0n) is 21.2. The molecule has 33 heavy (non-hydrogen) atoms. The smallest absolute Gasteiger partial charge is 0.191 e. The molecule has 1 aliphatic heterocycles. The van der Waals surface area contributed by atoms with Crippen molar-refractivity contribution < 1.29 is 14.2 Å². The van der Waals surface area contributed by atoms with Gasteiger partial charge in [-0.2, -0.15) is 0 Å². The highest BCUT2D eigenvalue weighted by Gasteiger charge is 2.24. The lowest BCUT2D eigenvalue weighted by Crippen LogP contribution is -2.46. The summed E-state index contributed by atoms with van der Waals surface area (Å²) in [6.45, 7) is 16.4. The second-order valence-electron chi connectivity index (χ2n) is 7.95. The second kappa shape index (κ2) is 16.3. The molecule has 2 atom stereocenters. The van der Waals surface area contributed by atoms with Gasteiger partial charge in [0.25, 0.3) is 0 Å². The number of rotatable bonds is 12. The maximum Gasteiger partial charge on any atom is 0.191 e. The first-order chi connectivity index (χ1) is 15.6. The molecule has 2 rings (SSSR count). The van der Waals surface area contributed by atoms with Crippen molar-refractivity contribution in [2.45, 2.75) is 39.8 Å². The Hall–Kier alpha value is -1.30. The van der Waals surface area contributed by atoms with Crippen molar-refractivity contribution in [2.24, 2.45) is 4.99 Å². The Balaban J connectivity index is 0.00000544. The van der Waals surface area contributed by atoms with Gasteiger partial charge in [-0.3, -0.25) is 14.8 Å². The lowest BCUT2D eigenvalue weighted by Gasteiger charge is -2.35. The molecule has 0 bridgehead atoms. The van der Waals surface area contributed by atoms with Gasteiger partial charge >= 0.3 is 0 Å². The lowest BCUT2D eigenvalue weighted by atomic mass is 10.0. The Bertz CT molecular complexity index is 697. The van der Waals surface area contributed by atoms with Crippen molar-refractivity contribution in [1.29, 1.82) is 0 Å². The van der Waals surface area contributed by atoms with Crippen LogP contribution in [0.4, 0.5) is 0 Å². The molecule has 1 aromatic carbocycles. The number of nitrogens with zero attached hydrogens (tertiary/aromatic N) is 3. The lowest BCUT2D eigenvalue weighted by molar-refractivity contribution is 0.0169. The first kappa shape index (κ1) is 29.7. The summed E-state index contributed by atoms with van der Waals surface area (Å²) < 4.78 is 16.6. The summed E-state index contributed by atoms with van der Waals surface area (Å²) in [7, 11) is 3.34. The number of likely N-dealkylation sites (N-methyl/N-ethyl adjacent to an activating group) is 1. The predicted molar refractivity (Wildman–Crippen MR) is 146 cm³/mol. The predicted octanol–water partition coefficient (Wildman–Crippen LogP) is 2.98. The molecule has 0 aliphatic carbocycles. The third-order valence-electron chi connectivity index (χ3n) is 6.04. The minimum Gasteiger partial charge on any atom is -0.493 e. The molecule has 9 heteroatoms. The number of aliphatic imine (C=N–C) groups is 1. The summed E-state index contributed by atoms with van der Waals surface area (Å²) in [6.07, 6.45) is 0. The van der Waals surface area contributed by atoms with Gasteiger partial charge in [0.2, 0.25) is 0 Å². The third kappa shape index (κ3) is 9.11. The van der Waals surface area contributed by atoms with Crippen molar-refractivity contribution >= 4 is 29.9 Å². The van der Waals surface area contributed by atoms with Crippen LogP contribution >= 0.6 is 24.0 Å². The number of hydrogen-bond donors (Lipinski definition) is 2. The van der Waals surface area contributed by atoms with Gasteiger partial charge in [-0.15, -0.1) is 24.0 Å². The van der Waals surface area contributed by atoms with Gasteiger partial charge in [0.15, 0.2) is 17.5 Å². The van der Waals surface area contributed by atoms with Crippen molar-refractivity contribution in [2.75, 3.05) is 73.2 Å². The summed E-state index contributed by atoms with van der Waals surface area (Å²) >= 11 is 0. The molecule has 0 aromatic heterocycles. The zero-order valence-corrected chi connectivity index (χ0v) is 23.6. The molecule has 0 saturated carbocycles. The van der Waals surface area contributed by atoms with Gasteiger partial charge in [-0.1, -0.05) is 19.9 Å².